The van der Waals surface area contributed by atoms with Crippen LogP contribution in [-0.4, -0.2) is 42.2 Å². The number of nitrogens with zero attached hydrogens (tertiary/aromatic N) is 1. The second-order valence-corrected chi connectivity index (χ2v) is 12.7. The summed E-state index contributed by atoms with van der Waals surface area (Å²) in [5, 5.41) is 13.2. The molecular weight excluding hydrogens is 639 g/mol. The summed E-state index contributed by atoms with van der Waals surface area (Å²) in [5.41, 5.74) is 0.999. The largest absolute Gasteiger partial charge is 0.494 e. The van der Waals surface area contributed by atoms with Gasteiger partial charge in [-0.3, -0.25) is 4.79 Å². The molecule has 1 amide bonds. The van der Waals surface area contributed by atoms with E-state index >= 15 is 0 Å². The Morgan fingerprint density at radius 2 is 1.79 bits per heavy atom. The Balaban J connectivity index is 1.54. The van der Waals surface area contributed by atoms with Gasteiger partial charge in [0.05, 0.1) is 6.61 Å². The second kappa shape index (κ2) is 14.3. The van der Waals surface area contributed by atoms with Gasteiger partial charge in [0.15, 0.2) is 11.6 Å². The van der Waals surface area contributed by atoms with Crippen molar-refractivity contribution >= 4 is 50.9 Å². The molecule has 0 bridgehead atoms. The molecule has 2 aliphatic rings. The van der Waals surface area contributed by atoms with E-state index in [0.717, 1.165) is 28.4 Å². The number of carbonyl (C=O) groups excluding carboxylic acids is 1. The van der Waals surface area contributed by atoms with E-state index in [4.69, 9.17) is 42.8 Å². The van der Waals surface area contributed by atoms with E-state index in [-0.39, 0.29) is 12.5 Å². The van der Waals surface area contributed by atoms with Crippen LogP contribution in [0.2, 0.25) is 10.0 Å². The van der Waals surface area contributed by atoms with Gasteiger partial charge in [-0.25, -0.2) is 4.99 Å². The molecule has 1 fully saturated rings. The second-order valence-electron chi connectivity index (χ2n) is 11.0. The molecule has 0 unspecified atom stereocenters. The lowest BCUT2D eigenvalue weighted by Crippen LogP contribution is -2.51. The summed E-state index contributed by atoms with van der Waals surface area (Å²) in [6.45, 7) is 1.09. The molecule has 9 heteroatoms. The summed E-state index contributed by atoms with van der Waals surface area (Å²) in [6, 6.07) is 20.5. The van der Waals surface area contributed by atoms with E-state index in [2.05, 4.69) is 21.2 Å². The Kier molecular flexibility index (Phi) is 10.5. The third kappa shape index (κ3) is 7.31. The van der Waals surface area contributed by atoms with Gasteiger partial charge >= 0.3 is 0 Å². The Morgan fingerprint density at radius 3 is 2.48 bits per heavy atom. The number of benzene rings is 3. The predicted octanol–water partition coefficient (Wildman–Crippen LogP) is 7.71. The molecule has 0 radical (unpaired) electrons. The molecule has 3 aromatic carbocycles. The molecule has 2 N–H and O–H groups in total. The van der Waals surface area contributed by atoms with Crippen molar-refractivity contribution in [2.24, 2.45) is 10.9 Å². The Hall–Kier alpha value is -2.58. The summed E-state index contributed by atoms with van der Waals surface area (Å²) in [7, 11) is 0. The maximum absolute atomic E-state index is 14.4. The van der Waals surface area contributed by atoms with E-state index in [1.807, 2.05) is 54.6 Å². The first-order chi connectivity index (χ1) is 20.4. The molecule has 1 saturated carbocycles. The smallest absolute Gasteiger partial charge is 0.252 e. The van der Waals surface area contributed by atoms with Crippen molar-refractivity contribution in [1.82, 2.24) is 5.32 Å². The Bertz CT molecular complexity index is 1390. The molecule has 0 spiro atoms. The van der Waals surface area contributed by atoms with Crippen molar-refractivity contribution in [3.8, 4) is 5.75 Å². The normalized spacial score (nSPS) is 20.6. The highest BCUT2D eigenvalue weighted by Gasteiger charge is 2.54. The predicted molar refractivity (Wildman–Crippen MR) is 171 cm³/mol. The number of halogens is 3. The van der Waals surface area contributed by atoms with E-state index in [9.17, 15) is 4.79 Å². The molecule has 5 rings (SSSR count). The first kappa shape index (κ1) is 30.9. The maximum atomic E-state index is 14.4. The number of hydrogen-bond donors (Lipinski definition) is 2. The van der Waals surface area contributed by atoms with Gasteiger partial charge < -0.3 is 19.9 Å². The molecule has 0 saturated heterocycles. The zero-order chi connectivity index (χ0) is 29.5. The molecule has 2 atom stereocenters. The van der Waals surface area contributed by atoms with Crippen molar-refractivity contribution in [2.45, 2.75) is 56.6 Å². The van der Waals surface area contributed by atoms with Crippen LogP contribution in [-0.2, 0) is 16.0 Å². The fourth-order valence-corrected chi connectivity index (χ4v) is 6.44. The summed E-state index contributed by atoms with van der Waals surface area (Å²) < 4.78 is 13.2. The quantitative estimate of drug-likeness (QED) is 0.204. The van der Waals surface area contributed by atoms with Gasteiger partial charge in [0.2, 0.25) is 5.90 Å². The lowest BCUT2D eigenvalue weighted by atomic mass is 9.81. The van der Waals surface area contributed by atoms with Gasteiger partial charge in [-0.1, -0.05) is 76.6 Å². The van der Waals surface area contributed by atoms with Crippen molar-refractivity contribution in [2.75, 3.05) is 19.8 Å². The average molecular weight is 674 g/mol. The zero-order valence-corrected chi connectivity index (χ0v) is 26.4. The summed E-state index contributed by atoms with van der Waals surface area (Å²) in [4.78, 5) is 19.5. The fraction of sp³-hybridized carbons (Fsp3) is 0.394. The Labute approximate surface area is 265 Å². The van der Waals surface area contributed by atoms with E-state index in [1.54, 1.807) is 12.1 Å². The molecular formula is C33H35BrCl2N2O4. The van der Waals surface area contributed by atoms with Crippen LogP contribution in [0.15, 0.2) is 76.2 Å². The summed E-state index contributed by atoms with van der Waals surface area (Å²) in [6.07, 6.45) is 5.95. The van der Waals surface area contributed by atoms with Gasteiger partial charge in [0, 0.05) is 51.6 Å². The number of ether oxygens (including phenoxy) is 2. The first-order valence-corrected chi connectivity index (χ1v) is 16.0. The minimum Gasteiger partial charge on any atom is -0.494 e. The average Bonchev–Trinajstić information content (AvgIpc) is 3.38. The van der Waals surface area contributed by atoms with E-state index in [1.165, 1.54) is 19.3 Å². The van der Waals surface area contributed by atoms with Crippen LogP contribution in [0, 0.1) is 5.92 Å². The summed E-state index contributed by atoms with van der Waals surface area (Å²) in [5.74, 6) is 1.30. The number of carbonyl (C=O) groups is 1. The highest BCUT2D eigenvalue weighted by molar-refractivity contribution is 9.10. The van der Waals surface area contributed by atoms with Crippen LogP contribution >= 0.6 is 39.1 Å². The maximum Gasteiger partial charge on any atom is 0.252 e. The molecule has 1 aliphatic carbocycles. The molecule has 1 heterocycles. The lowest BCUT2D eigenvalue weighted by molar-refractivity contribution is -0.129. The van der Waals surface area contributed by atoms with Crippen LogP contribution < -0.4 is 10.1 Å². The fourth-order valence-electron chi connectivity index (χ4n) is 5.67. The standard InChI is InChI=1S/C33H35BrCl2N2O4/c34-25-11-7-22(8-12-25)20-33(32(40)37-21-23-5-2-1-3-6-23)30(28-16-13-26(35)19-29(28)36)42-31(38-33)24-9-14-27(15-10-24)41-18-4-17-39/h7-16,19,23,30,39H,1-6,17-18,20-21H2,(H,37,40)/t30-,33-/m1/s1. The number of aliphatic hydroxyl groups excluding tert-OH is 1. The van der Waals surface area contributed by atoms with Crippen LogP contribution in [0.5, 0.6) is 5.75 Å². The summed E-state index contributed by atoms with van der Waals surface area (Å²) >= 11 is 16.5. The molecule has 1 aliphatic heterocycles. The number of aliphatic hydroxyl groups is 1. The monoisotopic (exact) mass is 672 g/mol. The third-order valence-corrected chi connectivity index (χ3v) is 9.03. The van der Waals surface area contributed by atoms with Crippen LogP contribution in [0.1, 0.15) is 61.3 Å². The van der Waals surface area contributed by atoms with E-state index < -0.39 is 11.6 Å². The molecule has 42 heavy (non-hydrogen) atoms. The van der Waals surface area contributed by atoms with Gasteiger partial charge in [-0.15, -0.1) is 0 Å². The first-order valence-electron chi connectivity index (χ1n) is 14.5. The van der Waals surface area contributed by atoms with E-state index in [0.29, 0.717) is 59.2 Å². The number of rotatable bonds is 11. The van der Waals surface area contributed by atoms with Crippen LogP contribution in [0.25, 0.3) is 0 Å². The van der Waals surface area contributed by atoms with Gasteiger partial charge in [0.1, 0.15) is 5.75 Å². The van der Waals surface area contributed by atoms with Gasteiger partial charge in [-0.05, 0) is 72.9 Å². The SMILES string of the molecule is O=C(NCC1CCCCC1)[C@]1(Cc2ccc(Br)cc2)N=C(c2ccc(OCCCO)cc2)O[C@@H]1c1ccc(Cl)cc1Cl. The number of amides is 1. The minimum atomic E-state index is -1.31. The zero-order valence-electron chi connectivity index (χ0n) is 23.3. The van der Waals surface area contributed by atoms with Crippen molar-refractivity contribution in [3.05, 3.63) is 97.9 Å². The number of hydrogen-bond acceptors (Lipinski definition) is 5. The van der Waals surface area contributed by atoms with Crippen molar-refractivity contribution in [1.29, 1.82) is 0 Å². The minimum absolute atomic E-state index is 0.0701. The molecule has 0 aromatic heterocycles. The third-order valence-electron chi connectivity index (χ3n) is 7.94. The number of nitrogens with one attached hydrogen (secondary N) is 1. The molecule has 222 valence electrons. The van der Waals surface area contributed by atoms with Gasteiger partial charge in [0.25, 0.3) is 5.91 Å². The topological polar surface area (TPSA) is 80.2 Å². The lowest BCUT2D eigenvalue weighted by Gasteiger charge is -2.32. The van der Waals surface area contributed by atoms with Crippen molar-refractivity contribution < 1.29 is 19.4 Å². The highest BCUT2D eigenvalue weighted by Crippen LogP contribution is 2.45. The van der Waals surface area contributed by atoms with Crippen LogP contribution in [0.3, 0.4) is 0 Å². The van der Waals surface area contributed by atoms with Crippen LogP contribution in [0.4, 0.5) is 0 Å². The number of aliphatic imine (C=N–C) groups is 1. The Morgan fingerprint density at radius 1 is 1.05 bits per heavy atom. The molecule has 3 aromatic rings. The van der Waals surface area contributed by atoms with Gasteiger partial charge in [-0.2, -0.15) is 0 Å². The molecule has 6 nitrogen and oxygen atoms in total. The van der Waals surface area contributed by atoms with Crippen molar-refractivity contribution in [3.63, 3.8) is 0 Å². The highest BCUT2D eigenvalue weighted by atomic mass is 79.9.